The molecule has 0 aliphatic heterocycles. The highest BCUT2D eigenvalue weighted by molar-refractivity contribution is 7.09. The molecule has 8 heteroatoms. The highest BCUT2D eigenvalue weighted by atomic mass is 32.1. The van der Waals surface area contributed by atoms with Crippen LogP contribution in [0.3, 0.4) is 0 Å². The van der Waals surface area contributed by atoms with E-state index in [1.807, 2.05) is 0 Å². The molecule has 2 rings (SSSR count). The van der Waals surface area contributed by atoms with Crippen LogP contribution < -0.4 is 16.6 Å². The van der Waals surface area contributed by atoms with E-state index in [1.165, 1.54) is 11.3 Å². The van der Waals surface area contributed by atoms with Crippen LogP contribution in [-0.2, 0) is 17.6 Å². The van der Waals surface area contributed by atoms with Gasteiger partial charge in [-0.2, -0.15) is 0 Å². The number of aryl methyl sites for hydroxylation is 1. The summed E-state index contributed by atoms with van der Waals surface area (Å²) in [6.45, 7) is 3.83. The van der Waals surface area contributed by atoms with Crippen LogP contribution in [0.1, 0.15) is 47.7 Å². The molecule has 0 saturated carbocycles. The zero-order chi connectivity index (χ0) is 19.8. The van der Waals surface area contributed by atoms with Crippen molar-refractivity contribution in [3.8, 4) is 5.75 Å². The van der Waals surface area contributed by atoms with Crippen molar-refractivity contribution >= 4 is 23.2 Å². The van der Waals surface area contributed by atoms with Gasteiger partial charge in [-0.05, 0) is 43.4 Å². The number of nitrogens with two attached hydrogens (primary N) is 1. The summed E-state index contributed by atoms with van der Waals surface area (Å²) in [6.07, 6.45) is 2.79. The molecule has 2 amide bonds. The van der Waals surface area contributed by atoms with E-state index < -0.39 is 0 Å². The topological polar surface area (TPSA) is 117 Å². The van der Waals surface area contributed by atoms with Crippen LogP contribution in [0.2, 0.25) is 0 Å². The number of hydrogen-bond donors (Lipinski definition) is 4. The van der Waals surface area contributed by atoms with Crippen molar-refractivity contribution in [1.29, 1.82) is 0 Å². The first-order chi connectivity index (χ1) is 12.9. The summed E-state index contributed by atoms with van der Waals surface area (Å²) in [5, 5.41) is 15.1. The number of nitrogens with one attached hydrogen (secondary N) is 2. The van der Waals surface area contributed by atoms with Crippen molar-refractivity contribution in [3.63, 3.8) is 0 Å². The number of aromatic nitrogens is 1. The number of carbonyl (C=O) groups is 2. The molecule has 0 fully saturated rings. The minimum atomic E-state index is -0.358. The fourth-order valence-electron chi connectivity index (χ4n) is 2.79. The van der Waals surface area contributed by atoms with E-state index in [0.717, 1.165) is 23.4 Å². The number of aromatic hydroxyl groups is 1. The lowest BCUT2D eigenvalue weighted by atomic mass is 9.95. The molecular weight excluding hydrogens is 364 g/mol. The Hall–Kier alpha value is -2.45. The summed E-state index contributed by atoms with van der Waals surface area (Å²) in [4.78, 5) is 28.8. The molecule has 27 heavy (non-hydrogen) atoms. The van der Waals surface area contributed by atoms with Crippen molar-refractivity contribution < 1.29 is 14.7 Å². The second kappa shape index (κ2) is 10.0. The summed E-state index contributed by atoms with van der Waals surface area (Å²) in [7, 11) is 0. The lowest BCUT2D eigenvalue weighted by Crippen LogP contribution is -2.42. The molecular formula is C19H26N4O3S. The number of phenols is 1. The molecule has 0 spiro atoms. The highest BCUT2D eigenvalue weighted by Gasteiger charge is 2.22. The third-order valence-electron chi connectivity index (χ3n) is 4.23. The Morgan fingerprint density at radius 2 is 2.00 bits per heavy atom. The first-order valence-electron chi connectivity index (χ1n) is 8.96. The molecule has 0 radical (unpaired) electrons. The van der Waals surface area contributed by atoms with E-state index in [1.54, 1.807) is 36.6 Å². The number of thiazole rings is 1. The van der Waals surface area contributed by atoms with Crippen LogP contribution >= 0.6 is 11.3 Å². The highest BCUT2D eigenvalue weighted by Crippen LogP contribution is 2.17. The van der Waals surface area contributed by atoms with Crippen LogP contribution in [0.25, 0.3) is 0 Å². The number of hydrazine groups is 1. The smallest absolute Gasteiger partial charge is 0.270 e. The first kappa shape index (κ1) is 20.9. The molecule has 2 atom stereocenters. The van der Waals surface area contributed by atoms with E-state index in [4.69, 9.17) is 5.84 Å². The predicted molar refractivity (Wildman–Crippen MR) is 105 cm³/mol. The van der Waals surface area contributed by atoms with Gasteiger partial charge in [-0.15, -0.1) is 11.3 Å². The quantitative estimate of drug-likeness (QED) is 0.297. The third-order valence-corrected chi connectivity index (χ3v) is 5.14. The van der Waals surface area contributed by atoms with E-state index in [9.17, 15) is 14.7 Å². The second-order valence-corrected chi connectivity index (χ2v) is 7.51. The molecule has 146 valence electrons. The van der Waals surface area contributed by atoms with Gasteiger partial charge in [-0.25, -0.2) is 10.8 Å². The first-order valence-corrected chi connectivity index (χ1v) is 9.84. The lowest BCUT2D eigenvalue weighted by molar-refractivity contribution is -0.124. The average Bonchev–Trinajstić information content (AvgIpc) is 3.12. The van der Waals surface area contributed by atoms with Crippen LogP contribution in [0.4, 0.5) is 0 Å². The van der Waals surface area contributed by atoms with Crippen molar-refractivity contribution in [2.45, 2.75) is 45.6 Å². The van der Waals surface area contributed by atoms with Gasteiger partial charge in [0.15, 0.2) is 0 Å². The van der Waals surface area contributed by atoms with Gasteiger partial charge in [0.25, 0.3) is 5.91 Å². The summed E-state index contributed by atoms with van der Waals surface area (Å²) in [6, 6.07) is 6.52. The lowest BCUT2D eigenvalue weighted by Gasteiger charge is -2.21. The summed E-state index contributed by atoms with van der Waals surface area (Å²) < 4.78 is 0. The largest absolute Gasteiger partial charge is 0.508 e. The minimum Gasteiger partial charge on any atom is -0.508 e. The summed E-state index contributed by atoms with van der Waals surface area (Å²) in [5.41, 5.74) is 3.49. The van der Waals surface area contributed by atoms with Crippen molar-refractivity contribution in [2.24, 2.45) is 11.8 Å². The van der Waals surface area contributed by atoms with E-state index in [-0.39, 0.29) is 29.5 Å². The SMILES string of the molecule is CCCc1nc(C(=O)NC(Cc2ccc(O)cc2)CC(C)C(=O)NN)cs1. The van der Waals surface area contributed by atoms with Gasteiger partial charge in [0, 0.05) is 17.3 Å². The Morgan fingerprint density at radius 1 is 1.30 bits per heavy atom. The Labute approximate surface area is 163 Å². The van der Waals surface area contributed by atoms with Gasteiger partial charge in [-0.3, -0.25) is 15.0 Å². The average molecular weight is 391 g/mol. The Kier molecular flexibility index (Phi) is 7.75. The van der Waals surface area contributed by atoms with Gasteiger partial charge in [-0.1, -0.05) is 26.0 Å². The van der Waals surface area contributed by atoms with Gasteiger partial charge in [0.05, 0.1) is 5.01 Å². The Morgan fingerprint density at radius 3 is 2.63 bits per heavy atom. The standard InChI is InChI=1S/C19H26N4O3S/c1-3-4-17-22-16(11-27-17)19(26)21-14(9-12(2)18(25)23-20)10-13-5-7-15(24)8-6-13/h5-8,11-12,14,24H,3-4,9-10,20H2,1-2H3,(H,21,26)(H,23,25). The number of carbonyl (C=O) groups excluding carboxylic acids is 2. The van der Waals surface area contributed by atoms with Crippen LogP contribution in [-0.4, -0.2) is 27.9 Å². The summed E-state index contributed by atoms with van der Waals surface area (Å²) in [5.74, 6) is 4.51. The van der Waals surface area contributed by atoms with E-state index in [2.05, 4.69) is 22.7 Å². The minimum absolute atomic E-state index is 0.182. The van der Waals surface area contributed by atoms with Gasteiger partial charge in [0.2, 0.25) is 5.91 Å². The van der Waals surface area contributed by atoms with Gasteiger partial charge in [0.1, 0.15) is 11.4 Å². The summed E-state index contributed by atoms with van der Waals surface area (Å²) >= 11 is 1.48. The molecule has 0 bridgehead atoms. The molecule has 2 unspecified atom stereocenters. The molecule has 1 aromatic heterocycles. The fraction of sp³-hybridized carbons (Fsp3) is 0.421. The number of hydrogen-bond acceptors (Lipinski definition) is 6. The second-order valence-electron chi connectivity index (χ2n) is 6.56. The van der Waals surface area contributed by atoms with Crippen LogP contribution in [0, 0.1) is 5.92 Å². The van der Waals surface area contributed by atoms with Crippen molar-refractivity contribution in [1.82, 2.24) is 15.7 Å². The van der Waals surface area contributed by atoms with Crippen molar-refractivity contribution in [2.75, 3.05) is 0 Å². The maximum absolute atomic E-state index is 12.6. The normalized spacial score (nSPS) is 13.0. The third kappa shape index (κ3) is 6.33. The van der Waals surface area contributed by atoms with E-state index in [0.29, 0.717) is 18.5 Å². The molecule has 5 N–H and O–H groups in total. The maximum Gasteiger partial charge on any atom is 0.270 e. The fourth-order valence-corrected chi connectivity index (χ4v) is 3.67. The van der Waals surface area contributed by atoms with E-state index >= 15 is 0 Å². The zero-order valence-electron chi connectivity index (χ0n) is 15.6. The molecule has 1 heterocycles. The number of rotatable bonds is 9. The molecule has 2 aromatic rings. The Balaban J connectivity index is 2.10. The number of benzene rings is 1. The zero-order valence-corrected chi connectivity index (χ0v) is 16.4. The van der Waals surface area contributed by atoms with Gasteiger partial charge >= 0.3 is 0 Å². The van der Waals surface area contributed by atoms with Crippen molar-refractivity contribution in [3.05, 3.63) is 45.9 Å². The van der Waals surface area contributed by atoms with Crippen LogP contribution in [0.5, 0.6) is 5.75 Å². The number of phenolic OH excluding ortho intramolecular Hbond substituents is 1. The molecule has 7 nitrogen and oxygen atoms in total. The maximum atomic E-state index is 12.6. The molecule has 0 aliphatic carbocycles. The Bertz CT molecular complexity index is 761. The number of nitrogens with zero attached hydrogens (tertiary/aromatic N) is 1. The van der Waals surface area contributed by atoms with Gasteiger partial charge < -0.3 is 10.4 Å². The monoisotopic (exact) mass is 390 g/mol. The molecule has 1 aromatic carbocycles. The molecule has 0 aliphatic rings. The predicted octanol–water partition coefficient (Wildman–Crippen LogP) is 2.16. The number of amides is 2. The van der Waals surface area contributed by atoms with Crippen LogP contribution in [0.15, 0.2) is 29.6 Å². The molecule has 0 saturated heterocycles.